The van der Waals surface area contributed by atoms with Gasteiger partial charge in [-0.1, -0.05) is 11.8 Å². The van der Waals surface area contributed by atoms with Crippen LogP contribution in [-0.2, 0) is 15.1 Å². The van der Waals surface area contributed by atoms with Crippen molar-refractivity contribution in [3.05, 3.63) is 22.9 Å². The van der Waals surface area contributed by atoms with Gasteiger partial charge in [-0.15, -0.1) is 0 Å². The summed E-state index contributed by atoms with van der Waals surface area (Å²) in [5, 5.41) is 10.0. The van der Waals surface area contributed by atoms with Gasteiger partial charge < -0.3 is 14.6 Å². The summed E-state index contributed by atoms with van der Waals surface area (Å²) in [6.45, 7) is 6.77. The summed E-state index contributed by atoms with van der Waals surface area (Å²) in [5.74, 6) is -0.759. The molecule has 0 aliphatic carbocycles. The summed E-state index contributed by atoms with van der Waals surface area (Å²) < 4.78 is 38.1. The van der Waals surface area contributed by atoms with Crippen LogP contribution in [0.2, 0.25) is 0 Å². The molecule has 0 aromatic carbocycles. The third-order valence-corrected chi connectivity index (χ3v) is 5.80. The molecule has 2 bridgehead atoms. The number of aryl methyl sites for hydroxylation is 2. The Labute approximate surface area is 142 Å². The van der Waals surface area contributed by atoms with Crippen LogP contribution in [0.1, 0.15) is 37.1 Å². The number of thioether (sulfide) groups is 1. The van der Waals surface area contributed by atoms with Crippen LogP contribution in [0.5, 0.6) is 5.88 Å². The molecule has 2 aliphatic heterocycles. The average Bonchev–Trinajstić information content (AvgIpc) is 2.66. The Morgan fingerprint density at radius 1 is 1.50 bits per heavy atom. The van der Waals surface area contributed by atoms with E-state index in [4.69, 9.17) is 9.47 Å². The molecule has 1 saturated heterocycles. The van der Waals surface area contributed by atoms with Crippen LogP contribution in [0.4, 0.5) is 8.78 Å². The van der Waals surface area contributed by atoms with Crippen molar-refractivity contribution in [2.75, 3.05) is 0 Å². The molecule has 3 heterocycles. The van der Waals surface area contributed by atoms with Crippen molar-refractivity contribution in [3.8, 4) is 5.88 Å². The summed E-state index contributed by atoms with van der Waals surface area (Å²) in [4.78, 5) is 14.6. The fourth-order valence-corrected chi connectivity index (χ4v) is 4.84. The zero-order valence-corrected chi connectivity index (χ0v) is 14.6. The van der Waals surface area contributed by atoms with Crippen molar-refractivity contribution in [1.82, 2.24) is 4.98 Å². The molecule has 1 N–H and O–H groups in total. The smallest absolute Gasteiger partial charge is 0.322 e. The Hall–Kier alpha value is -1.41. The van der Waals surface area contributed by atoms with Crippen molar-refractivity contribution >= 4 is 17.7 Å². The van der Waals surface area contributed by atoms with Gasteiger partial charge in [-0.3, -0.25) is 4.79 Å². The first-order valence-electron chi connectivity index (χ1n) is 7.65. The van der Waals surface area contributed by atoms with Crippen LogP contribution >= 0.6 is 11.8 Å². The van der Waals surface area contributed by atoms with Crippen molar-refractivity contribution in [3.63, 3.8) is 0 Å². The van der Waals surface area contributed by atoms with Gasteiger partial charge in [-0.2, -0.15) is 0 Å². The third kappa shape index (κ3) is 2.47. The molecular weight excluding hydrogens is 340 g/mol. The molecule has 3 atom stereocenters. The van der Waals surface area contributed by atoms with Crippen molar-refractivity contribution in [2.45, 2.75) is 62.4 Å². The molecule has 8 heteroatoms. The van der Waals surface area contributed by atoms with E-state index in [1.54, 1.807) is 33.8 Å². The van der Waals surface area contributed by atoms with Gasteiger partial charge in [0.05, 0.1) is 11.7 Å². The van der Waals surface area contributed by atoms with E-state index >= 15 is 0 Å². The average molecular weight is 359 g/mol. The molecule has 132 valence electrons. The lowest BCUT2D eigenvalue weighted by Crippen LogP contribution is -2.47. The minimum absolute atomic E-state index is 0.0334. The number of hydrogen-bond donors (Lipinski definition) is 1. The maximum Gasteiger partial charge on any atom is 0.322 e. The van der Waals surface area contributed by atoms with E-state index in [2.05, 4.69) is 4.98 Å². The van der Waals surface area contributed by atoms with Gasteiger partial charge >= 0.3 is 5.97 Å². The Morgan fingerprint density at radius 2 is 2.17 bits per heavy atom. The summed E-state index contributed by atoms with van der Waals surface area (Å²) in [7, 11) is 0. The van der Waals surface area contributed by atoms with Crippen molar-refractivity contribution in [2.24, 2.45) is 0 Å². The van der Waals surface area contributed by atoms with E-state index in [1.165, 1.54) is 0 Å². The zero-order valence-electron chi connectivity index (χ0n) is 13.8. The summed E-state index contributed by atoms with van der Waals surface area (Å²) >= 11 is 0.620. The number of fused-ring (bicyclic) bond motifs is 4. The van der Waals surface area contributed by atoms with E-state index in [9.17, 15) is 18.7 Å². The van der Waals surface area contributed by atoms with E-state index in [1.807, 2.05) is 0 Å². The van der Waals surface area contributed by atoms with Crippen LogP contribution in [-0.4, -0.2) is 38.8 Å². The maximum absolute atomic E-state index is 13.7. The number of aromatic nitrogens is 1. The molecule has 0 spiro atoms. The normalized spacial score (nSPS) is 31.1. The molecular formula is C16H19F2NO4S. The lowest BCUT2D eigenvalue weighted by Gasteiger charge is -2.37. The fraction of sp³-hybridized carbons (Fsp3) is 0.625. The second-order valence-corrected chi connectivity index (χ2v) is 7.96. The first-order valence-corrected chi connectivity index (χ1v) is 8.53. The van der Waals surface area contributed by atoms with Crippen LogP contribution in [0.25, 0.3) is 0 Å². The van der Waals surface area contributed by atoms with Gasteiger partial charge in [0.2, 0.25) is 10.8 Å². The molecule has 1 aromatic heterocycles. The van der Waals surface area contributed by atoms with Crippen LogP contribution in [0, 0.1) is 13.8 Å². The lowest BCUT2D eigenvalue weighted by molar-refractivity contribution is -0.154. The van der Waals surface area contributed by atoms with Gasteiger partial charge in [0.25, 0.3) is 6.43 Å². The number of nitrogens with zero attached hydrogens (tertiary/aromatic N) is 1. The molecule has 2 aliphatic rings. The molecule has 3 rings (SSSR count). The number of esters is 1. The van der Waals surface area contributed by atoms with Gasteiger partial charge in [-0.05, 0) is 39.3 Å². The number of ether oxygens (including phenoxy) is 2. The Balaban J connectivity index is 2.15. The first-order chi connectivity index (χ1) is 11.1. The first kappa shape index (κ1) is 17.4. The maximum atomic E-state index is 13.7. The molecule has 5 nitrogen and oxygen atoms in total. The third-order valence-electron chi connectivity index (χ3n) is 4.18. The number of hydrogen-bond acceptors (Lipinski definition) is 6. The predicted molar refractivity (Wildman–Crippen MR) is 84.2 cm³/mol. The summed E-state index contributed by atoms with van der Waals surface area (Å²) in [6, 6.07) is 1.73. The fourth-order valence-electron chi connectivity index (χ4n) is 3.36. The Morgan fingerprint density at radius 3 is 2.75 bits per heavy atom. The molecule has 1 fully saturated rings. The second kappa shape index (κ2) is 5.56. The highest BCUT2D eigenvalue weighted by Crippen LogP contribution is 2.62. The molecule has 0 saturated carbocycles. The van der Waals surface area contributed by atoms with Crippen LogP contribution < -0.4 is 4.74 Å². The molecule has 3 unspecified atom stereocenters. The number of alkyl halides is 2. The number of rotatable bonds is 3. The SMILES string of the molecule is Cc1cc(C)c2c(n1)OC1(C(F)F)CC2(O)C(C(=O)OC(C)C)S1. The van der Waals surface area contributed by atoms with Gasteiger partial charge in [-0.25, -0.2) is 13.8 Å². The second-order valence-electron chi connectivity index (χ2n) is 6.56. The largest absolute Gasteiger partial charge is 0.462 e. The van der Waals surface area contributed by atoms with E-state index in [-0.39, 0.29) is 5.88 Å². The predicted octanol–water partition coefficient (Wildman–Crippen LogP) is 2.70. The number of carbonyl (C=O) groups is 1. The van der Waals surface area contributed by atoms with Crippen LogP contribution in [0.3, 0.4) is 0 Å². The minimum atomic E-state index is -2.89. The standard InChI is InChI=1S/C16H19F2NO4S/c1-7(2)22-13(20)11-15(21)6-16(24-11,14(17)18)23-12-10(15)8(3)5-9(4)19-12/h5,7,11,14,21H,6H2,1-4H3. The highest BCUT2D eigenvalue weighted by Gasteiger charge is 2.68. The number of carbonyl (C=O) groups excluding carboxylic acids is 1. The van der Waals surface area contributed by atoms with Gasteiger partial charge in [0, 0.05) is 12.1 Å². The molecule has 0 radical (unpaired) electrons. The van der Waals surface area contributed by atoms with E-state index < -0.39 is 40.7 Å². The summed E-state index contributed by atoms with van der Waals surface area (Å²) in [5.41, 5.74) is -0.273. The van der Waals surface area contributed by atoms with Gasteiger partial charge in [0.1, 0.15) is 10.9 Å². The van der Waals surface area contributed by atoms with Gasteiger partial charge in [0.15, 0.2) is 0 Å². The zero-order chi connectivity index (χ0) is 17.9. The van der Waals surface area contributed by atoms with Crippen LogP contribution in [0.15, 0.2) is 6.07 Å². The number of halogens is 2. The molecule has 24 heavy (non-hydrogen) atoms. The highest BCUT2D eigenvalue weighted by atomic mass is 32.2. The highest BCUT2D eigenvalue weighted by molar-refractivity contribution is 8.02. The minimum Gasteiger partial charge on any atom is -0.462 e. The van der Waals surface area contributed by atoms with E-state index in [0.717, 1.165) is 0 Å². The summed E-state index contributed by atoms with van der Waals surface area (Å²) in [6.07, 6.45) is -3.69. The monoisotopic (exact) mass is 359 g/mol. The van der Waals surface area contributed by atoms with Crippen molar-refractivity contribution < 1.29 is 28.2 Å². The van der Waals surface area contributed by atoms with E-state index in [0.29, 0.717) is 28.6 Å². The lowest BCUT2D eigenvalue weighted by atomic mass is 9.81. The number of pyridine rings is 1. The Bertz CT molecular complexity index is 699. The molecule has 1 aromatic rings. The molecule has 0 amide bonds. The van der Waals surface area contributed by atoms with Crippen molar-refractivity contribution in [1.29, 1.82) is 0 Å². The number of aliphatic hydroxyl groups is 1. The quantitative estimate of drug-likeness (QED) is 0.837. The topological polar surface area (TPSA) is 68.7 Å². The Kier molecular flexibility index (Phi) is 4.03.